The molecule has 15 heavy (non-hydrogen) atoms. The van der Waals surface area contributed by atoms with E-state index < -0.39 is 0 Å². The number of carbonyl (C=O) groups is 1. The second kappa shape index (κ2) is 4.12. The third-order valence-corrected chi connectivity index (χ3v) is 3.92. The van der Waals surface area contributed by atoms with Crippen LogP contribution >= 0.6 is 0 Å². The molecule has 0 aromatic carbocycles. The smallest absolute Gasteiger partial charge is 0.221 e. The minimum atomic E-state index is 0.195. The molecule has 1 saturated carbocycles. The van der Waals surface area contributed by atoms with Gasteiger partial charge in [0.1, 0.15) is 0 Å². The average Bonchev–Trinajstić information content (AvgIpc) is 2.55. The van der Waals surface area contributed by atoms with Gasteiger partial charge in [-0.05, 0) is 18.3 Å². The Morgan fingerprint density at radius 1 is 1.40 bits per heavy atom. The molecule has 0 aromatic rings. The molecule has 2 unspecified atom stereocenters. The van der Waals surface area contributed by atoms with Crippen molar-refractivity contribution in [1.29, 1.82) is 0 Å². The number of amides is 1. The summed E-state index contributed by atoms with van der Waals surface area (Å²) in [4.78, 5) is 11.1. The molecule has 2 fully saturated rings. The van der Waals surface area contributed by atoms with Gasteiger partial charge in [0, 0.05) is 25.0 Å². The average molecular weight is 210 g/mol. The Kier molecular flexibility index (Phi) is 3.01. The van der Waals surface area contributed by atoms with Crippen LogP contribution in [0.25, 0.3) is 0 Å². The molecule has 0 radical (unpaired) electrons. The van der Waals surface area contributed by atoms with Crippen LogP contribution in [0.4, 0.5) is 0 Å². The van der Waals surface area contributed by atoms with Gasteiger partial charge in [-0.25, -0.2) is 0 Å². The summed E-state index contributed by atoms with van der Waals surface area (Å²) in [6, 6.07) is 0.948. The highest BCUT2D eigenvalue weighted by Crippen LogP contribution is 2.35. The van der Waals surface area contributed by atoms with Gasteiger partial charge in [0.25, 0.3) is 0 Å². The Hall–Kier alpha value is -0.570. The number of rotatable bonds is 2. The van der Waals surface area contributed by atoms with Gasteiger partial charge in [-0.1, -0.05) is 26.7 Å². The van der Waals surface area contributed by atoms with Gasteiger partial charge in [-0.2, -0.15) is 0 Å². The lowest BCUT2D eigenvalue weighted by Crippen LogP contribution is -2.49. The summed E-state index contributed by atoms with van der Waals surface area (Å²) in [5.74, 6) is 0.195. The third-order valence-electron chi connectivity index (χ3n) is 3.92. The van der Waals surface area contributed by atoms with Crippen LogP contribution in [-0.2, 0) is 4.79 Å². The van der Waals surface area contributed by atoms with Crippen molar-refractivity contribution in [1.82, 2.24) is 10.6 Å². The molecule has 0 bridgehead atoms. The minimum Gasteiger partial charge on any atom is -0.354 e. The molecular weight excluding hydrogens is 188 g/mol. The van der Waals surface area contributed by atoms with E-state index >= 15 is 0 Å². The van der Waals surface area contributed by atoms with Crippen LogP contribution in [-0.4, -0.2) is 24.5 Å². The molecule has 0 aromatic heterocycles. The van der Waals surface area contributed by atoms with Gasteiger partial charge in [-0.15, -0.1) is 0 Å². The first-order valence-electron chi connectivity index (χ1n) is 6.11. The van der Waals surface area contributed by atoms with Crippen LogP contribution in [0.3, 0.4) is 0 Å². The molecule has 1 heterocycles. The Labute approximate surface area is 92.0 Å². The molecule has 2 rings (SSSR count). The molecule has 2 atom stereocenters. The molecular formula is C12H22N2O. The lowest BCUT2D eigenvalue weighted by molar-refractivity contribution is -0.119. The van der Waals surface area contributed by atoms with Gasteiger partial charge in [0.05, 0.1) is 0 Å². The quantitative estimate of drug-likeness (QED) is 0.724. The van der Waals surface area contributed by atoms with E-state index in [0.717, 1.165) is 6.54 Å². The summed E-state index contributed by atoms with van der Waals surface area (Å²) in [6.07, 6.45) is 5.91. The van der Waals surface area contributed by atoms with Gasteiger partial charge < -0.3 is 10.6 Å². The van der Waals surface area contributed by atoms with Crippen molar-refractivity contribution < 1.29 is 4.79 Å². The number of hydrogen-bond acceptors (Lipinski definition) is 2. The highest BCUT2D eigenvalue weighted by atomic mass is 16.1. The zero-order valence-electron chi connectivity index (χ0n) is 9.81. The van der Waals surface area contributed by atoms with E-state index in [1.54, 1.807) is 0 Å². The van der Waals surface area contributed by atoms with Crippen LogP contribution in [0.2, 0.25) is 0 Å². The number of hydrogen-bond donors (Lipinski definition) is 2. The number of carbonyl (C=O) groups excluding carboxylic acids is 1. The van der Waals surface area contributed by atoms with Gasteiger partial charge in [-0.3, -0.25) is 4.79 Å². The van der Waals surface area contributed by atoms with Crippen LogP contribution in [0.15, 0.2) is 0 Å². The van der Waals surface area contributed by atoms with Crippen LogP contribution in [0.5, 0.6) is 0 Å². The summed E-state index contributed by atoms with van der Waals surface area (Å²) in [5, 5.41) is 6.54. The highest BCUT2D eigenvalue weighted by molar-refractivity contribution is 5.78. The van der Waals surface area contributed by atoms with E-state index in [1.165, 1.54) is 25.7 Å². The van der Waals surface area contributed by atoms with Crippen LogP contribution in [0.1, 0.15) is 46.0 Å². The summed E-state index contributed by atoms with van der Waals surface area (Å²) in [7, 11) is 0. The maximum Gasteiger partial charge on any atom is 0.221 e. The van der Waals surface area contributed by atoms with Crippen molar-refractivity contribution in [3.63, 3.8) is 0 Å². The molecule has 1 aliphatic heterocycles. The molecule has 1 saturated heterocycles. The first-order chi connectivity index (χ1) is 7.08. The van der Waals surface area contributed by atoms with E-state index in [4.69, 9.17) is 0 Å². The Morgan fingerprint density at radius 3 is 2.80 bits per heavy atom. The lowest BCUT2D eigenvalue weighted by Gasteiger charge is -2.40. The molecule has 0 spiro atoms. The van der Waals surface area contributed by atoms with E-state index in [0.29, 0.717) is 23.9 Å². The van der Waals surface area contributed by atoms with Crippen molar-refractivity contribution >= 4 is 5.91 Å². The lowest BCUT2D eigenvalue weighted by atomic mass is 9.73. The van der Waals surface area contributed by atoms with Crippen molar-refractivity contribution in [2.24, 2.45) is 5.41 Å². The summed E-state index contributed by atoms with van der Waals surface area (Å²) in [5.41, 5.74) is 0.393. The standard InChI is InChI=1S/C12H22N2O/c1-12(2)6-4-3-5-10(12)14-9-7-11(15)13-8-9/h9-10,14H,3-8H2,1-2H3,(H,13,15). The predicted octanol–water partition coefficient (Wildman–Crippen LogP) is 1.43. The normalized spacial score (nSPS) is 35.2. The fourth-order valence-electron chi connectivity index (χ4n) is 2.81. The molecule has 3 nitrogen and oxygen atoms in total. The zero-order valence-corrected chi connectivity index (χ0v) is 9.81. The zero-order chi connectivity index (χ0) is 10.9. The van der Waals surface area contributed by atoms with E-state index in [-0.39, 0.29) is 5.91 Å². The first-order valence-corrected chi connectivity index (χ1v) is 6.11. The topological polar surface area (TPSA) is 41.1 Å². The SMILES string of the molecule is CC1(C)CCCCC1NC1CNC(=O)C1. The Balaban J connectivity index is 1.89. The maximum absolute atomic E-state index is 11.1. The van der Waals surface area contributed by atoms with Crippen molar-refractivity contribution in [2.75, 3.05) is 6.54 Å². The molecule has 2 N–H and O–H groups in total. The van der Waals surface area contributed by atoms with Crippen molar-refractivity contribution in [2.45, 2.75) is 58.0 Å². The summed E-state index contributed by atoms with van der Waals surface area (Å²) >= 11 is 0. The van der Waals surface area contributed by atoms with E-state index in [9.17, 15) is 4.79 Å². The predicted molar refractivity (Wildman–Crippen MR) is 60.6 cm³/mol. The molecule has 1 amide bonds. The van der Waals surface area contributed by atoms with Gasteiger partial charge in [0.2, 0.25) is 5.91 Å². The monoisotopic (exact) mass is 210 g/mol. The summed E-state index contributed by atoms with van der Waals surface area (Å²) < 4.78 is 0. The van der Waals surface area contributed by atoms with Crippen molar-refractivity contribution in [3.05, 3.63) is 0 Å². The van der Waals surface area contributed by atoms with Gasteiger partial charge >= 0.3 is 0 Å². The van der Waals surface area contributed by atoms with Crippen LogP contribution < -0.4 is 10.6 Å². The Morgan fingerprint density at radius 2 is 2.20 bits per heavy atom. The second-order valence-electron chi connectivity index (χ2n) is 5.66. The molecule has 86 valence electrons. The Bertz CT molecular complexity index is 250. The fraction of sp³-hybridized carbons (Fsp3) is 0.917. The maximum atomic E-state index is 11.1. The number of nitrogens with one attached hydrogen (secondary N) is 2. The first kappa shape index (κ1) is 10.9. The van der Waals surface area contributed by atoms with E-state index in [1.807, 2.05) is 0 Å². The van der Waals surface area contributed by atoms with Crippen molar-refractivity contribution in [3.8, 4) is 0 Å². The highest BCUT2D eigenvalue weighted by Gasteiger charge is 2.34. The minimum absolute atomic E-state index is 0.195. The van der Waals surface area contributed by atoms with Gasteiger partial charge in [0.15, 0.2) is 0 Å². The largest absolute Gasteiger partial charge is 0.354 e. The fourth-order valence-corrected chi connectivity index (χ4v) is 2.81. The van der Waals surface area contributed by atoms with E-state index in [2.05, 4.69) is 24.5 Å². The molecule has 3 heteroatoms. The third kappa shape index (κ3) is 2.51. The molecule has 2 aliphatic rings. The summed E-state index contributed by atoms with van der Waals surface area (Å²) in [6.45, 7) is 5.49. The molecule has 1 aliphatic carbocycles. The second-order valence-corrected chi connectivity index (χ2v) is 5.66. The van der Waals surface area contributed by atoms with Crippen LogP contribution in [0, 0.1) is 5.41 Å².